The van der Waals surface area contributed by atoms with Crippen LogP contribution in [0.2, 0.25) is 18.1 Å². The van der Waals surface area contributed by atoms with Crippen molar-refractivity contribution >= 4 is 37.5 Å². The van der Waals surface area contributed by atoms with Crippen LogP contribution in [0.25, 0.3) is 0 Å². The zero-order valence-electron chi connectivity index (χ0n) is 14.5. The number of thiophene rings is 1. The molecule has 0 fully saturated rings. The van der Waals surface area contributed by atoms with Crippen LogP contribution in [0.4, 0.5) is 0 Å². The van der Waals surface area contributed by atoms with Crippen molar-refractivity contribution in [1.82, 2.24) is 0 Å². The van der Waals surface area contributed by atoms with Gasteiger partial charge in [-0.2, -0.15) is 0 Å². The van der Waals surface area contributed by atoms with Gasteiger partial charge >= 0.3 is 13.1 Å². The molecule has 1 rings (SSSR count). The van der Waals surface area contributed by atoms with E-state index in [4.69, 9.17) is 4.74 Å². The van der Waals surface area contributed by atoms with Crippen LogP contribution >= 0.6 is 11.3 Å². The van der Waals surface area contributed by atoms with Crippen molar-refractivity contribution in [2.45, 2.75) is 57.7 Å². The molecule has 3 N–H and O–H groups in total. The van der Waals surface area contributed by atoms with Crippen molar-refractivity contribution < 1.29 is 24.4 Å². The largest absolute Gasteiger partial charge is 0.499 e. The van der Waals surface area contributed by atoms with E-state index in [0.717, 1.165) is 11.3 Å². The molecule has 0 aliphatic heterocycles. The fourth-order valence-electron chi connectivity index (χ4n) is 2.28. The molecule has 0 saturated heterocycles. The fourth-order valence-corrected chi connectivity index (χ4v) is 4.05. The van der Waals surface area contributed by atoms with Crippen LogP contribution in [0.1, 0.15) is 44.4 Å². The molecule has 0 saturated carbocycles. The summed E-state index contributed by atoms with van der Waals surface area (Å²) in [4.78, 5) is 22.5. The van der Waals surface area contributed by atoms with E-state index < -0.39 is 15.4 Å². The van der Waals surface area contributed by atoms with E-state index in [1.54, 1.807) is 6.07 Å². The summed E-state index contributed by atoms with van der Waals surface area (Å²) in [7, 11) is -3.83. The second kappa shape index (κ2) is 7.94. The lowest BCUT2D eigenvalue weighted by molar-refractivity contribution is -0.141. The first-order valence-corrected chi connectivity index (χ1v) is 11.5. The van der Waals surface area contributed by atoms with Gasteiger partial charge < -0.3 is 19.6 Å². The van der Waals surface area contributed by atoms with Gasteiger partial charge in [0.15, 0.2) is 8.32 Å². The second-order valence-corrected chi connectivity index (χ2v) is 12.7. The second-order valence-electron chi connectivity index (χ2n) is 7.09. The first kappa shape index (κ1) is 20.4. The number of carbonyl (C=O) groups excluding carboxylic acids is 1. The highest BCUT2D eigenvalue weighted by molar-refractivity contribution is 7.22. The molecule has 0 aliphatic carbocycles. The van der Waals surface area contributed by atoms with Crippen molar-refractivity contribution in [2.75, 3.05) is 6.61 Å². The van der Waals surface area contributed by atoms with E-state index in [9.17, 15) is 19.6 Å². The van der Waals surface area contributed by atoms with Crippen molar-refractivity contribution in [3.8, 4) is 0 Å². The monoisotopic (exact) mass is 358 g/mol. The molecule has 8 heteroatoms. The minimum atomic E-state index is -2.36. The minimum Gasteiger partial charge on any atom is -0.466 e. The summed E-state index contributed by atoms with van der Waals surface area (Å²) >= 11 is 1.35. The van der Waals surface area contributed by atoms with E-state index in [0.29, 0.717) is 17.8 Å². The Hall–Kier alpha value is -0.668. The molecule has 0 amide bonds. The molecule has 130 valence electrons. The van der Waals surface area contributed by atoms with E-state index >= 15 is 0 Å². The molecule has 1 aromatic heterocycles. The Morgan fingerprint density at radius 3 is 2.43 bits per heavy atom. The van der Waals surface area contributed by atoms with Crippen molar-refractivity contribution in [2.24, 2.45) is 0 Å². The number of carbonyl (C=O) groups is 1. The maximum Gasteiger partial charge on any atom is 0.499 e. The molecule has 1 aromatic rings. The lowest BCUT2D eigenvalue weighted by atomic mass is 9.89. The fraction of sp³-hybridized carbons (Fsp3) is 0.667. The predicted octanol–water partition coefficient (Wildman–Crippen LogP) is 1.83. The Morgan fingerprint density at radius 2 is 2.00 bits per heavy atom. The molecular formula is C15H27BO5SSi. The lowest BCUT2D eigenvalue weighted by Crippen LogP contribution is -2.40. The summed E-state index contributed by atoms with van der Waals surface area (Å²) in [6.07, 6.45) is 1.40. The summed E-state index contributed by atoms with van der Waals surface area (Å²) in [5.41, 5.74) is 0. The Kier molecular flexibility index (Phi) is 7.03. The SMILES string of the molecule is CC(=O)OCCC(CC(C)(C)[Si](C)(C)O)c1ccc(B(O)O)s1. The highest BCUT2D eigenvalue weighted by Gasteiger charge is 2.40. The highest BCUT2D eigenvalue weighted by Crippen LogP contribution is 2.45. The lowest BCUT2D eigenvalue weighted by Gasteiger charge is -2.37. The molecule has 0 radical (unpaired) electrons. The number of esters is 1. The third-order valence-corrected chi connectivity index (χ3v) is 9.29. The zero-order chi connectivity index (χ0) is 17.8. The van der Waals surface area contributed by atoms with E-state index in [1.807, 2.05) is 19.2 Å². The van der Waals surface area contributed by atoms with Gasteiger partial charge in [-0.3, -0.25) is 4.79 Å². The predicted molar refractivity (Wildman–Crippen MR) is 96.5 cm³/mol. The van der Waals surface area contributed by atoms with Gasteiger partial charge in [0.25, 0.3) is 0 Å². The van der Waals surface area contributed by atoms with Gasteiger partial charge in [-0.1, -0.05) is 19.9 Å². The van der Waals surface area contributed by atoms with E-state index in [-0.39, 0.29) is 16.9 Å². The van der Waals surface area contributed by atoms with E-state index in [2.05, 4.69) is 13.8 Å². The van der Waals surface area contributed by atoms with Gasteiger partial charge in [0.2, 0.25) is 0 Å². The van der Waals surface area contributed by atoms with Crippen LogP contribution in [-0.2, 0) is 9.53 Å². The van der Waals surface area contributed by atoms with Gasteiger partial charge in [-0.15, -0.1) is 11.3 Å². The van der Waals surface area contributed by atoms with Crippen LogP contribution in [0.15, 0.2) is 12.1 Å². The Bertz CT molecular complexity index is 524. The molecule has 0 bridgehead atoms. The zero-order valence-corrected chi connectivity index (χ0v) is 16.3. The molecule has 5 nitrogen and oxygen atoms in total. The summed E-state index contributed by atoms with van der Waals surface area (Å²) in [6.45, 7) is 9.67. The van der Waals surface area contributed by atoms with Gasteiger partial charge in [0.1, 0.15) is 0 Å². The van der Waals surface area contributed by atoms with Crippen LogP contribution < -0.4 is 4.78 Å². The van der Waals surface area contributed by atoms with Crippen LogP contribution in [0, 0.1) is 0 Å². The third kappa shape index (κ3) is 6.04. The molecule has 1 atom stereocenters. The highest BCUT2D eigenvalue weighted by atomic mass is 32.1. The third-order valence-electron chi connectivity index (χ3n) is 4.49. The average molecular weight is 358 g/mol. The summed E-state index contributed by atoms with van der Waals surface area (Å²) < 4.78 is 5.56. The number of ether oxygens (including phenoxy) is 1. The Morgan fingerprint density at radius 1 is 1.39 bits per heavy atom. The standard InChI is InChI=1S/C15H27BO5SSi/c1-11(17)21-9-8-12(10-15(2,3)23(4,5)20)13-6-7-14(22-13)16(18)19/h6-7,12,18-20H,8-10H2,1-5H3. The minimum absolute atomic E-state index is 0.0979. The number of rotatable bonds is 8. The topological polar surface area (TPSA) is 87.0 Å². The quantitative estimate of drug-likeness (QED) is 0.488. The van der Waals surface area contributed by atoms with Crippen LogP contribution in [0.3, 0.4) is 0 Å². The van der Waals surface area contributed by atoms with Gasteiger partial charge in [0.05, 0.1) is 6.61 Å². The normalized spacial score (nSPS) is 13.7. The van der Waals surface area contributed by atoms with Crippen LogP contribution in [0.5, 0.6) is 0 Å². The average Bonchev–Trinajstić information content (AvgIpc) is 2.85. The van der Waals surface area contributed by atoms with E-state index in [1.165, 1.54) is 18.3 Å². The molecule has 1 unspecified atom stereocenters. The summed E-state index contributed by atoms with van der Waals surface area (Å²) in [5.74, 6) is -0.210. The first-order chi connectivity index (χ1) is 10.4. The Balaban J connectivity index is 2.94. The summed E-state index contributed by atoms with van der Waals surface area (Å²) in [6, 6.07) is 3.60. The van der Waals surface area contributed by atoms with Crippen molar-refractivity contribution in [3.05, 3.63) is 17.0 Å². The van der Waals surface area contributed by atoms with Gasteiger partial charge in [-0.05, 0) is 43.0 Å². The summed E-state index contributed by atoms with van der Waals surface area (Å²) in [5, 5.41) is 18.4. The van der Waals surface area contributed by atoms with Gasteiger partial charge in [0, 0.05) is 16.6 Å². The van der Waals surface area contributed by atoms with Crippen molar-refractivity contribution in [1.29, 1.82) is 0 Å². The van der Waals surface area contributed by atoms with Crippen LogP contribution in [-0.4, -0.2) is 42.9 Å². The molecule has 0 spiro atoms. The van der Waals surface area contributed by atoms with Gasteiger partial charge in [-0.25, -0.2) is 0 Å². The molecule has 0 aliphatic rings. The maximum absolute atomic E-state index is 11.0. The maximum atomic E-state index is 11.0. The first-order valence-electron chi connectivity index (χ1n) is 7.75. The van der Waals surface area contributed by atoms with Crippen molar-refractivity contribution in [3.63, 3.8) is 0 Å². The molecule has 23 heavy (non-hydrogen) atoms. The molecule has 1 heterocycles. The molecule has 0 aromatic carbocycles. The number of hydrogen-bond donors (Lipinski definition) is 3. The molecular weight excluding hydrogens is 331 g/mol. The Labute approximate surface area is 143 Å². The number of hydrogen-bond acceptors (Lipinski definition) is 6. The smallest absolute Gasteiger partial charge is 0.466 e.